The summed E-state index contributed by atoms with van der Waals surface area (Å²) in [5, 5.41) is 1.04. The van der Waals surface area contributed by atoms with Crippen LogP contribution in [0.4, 0.5) is 0 Å². The lowest BCUT2D eigenvalue weighted by Crippen LogP contribution is -2.03. The lowest BCUT2D eigenvalue weighted by molar-refractivity contribution is 0.0993. The number of alkyl halides is 1. The Morgan fingerprint density at radius 1 is 0.909 bits per heavy atom. The number of halogens is 1. The second kappa shape index (κ2) is 7.06. The van der Waals surface area contributed by atoms with Gasteiger partial charge in [-0.1, -0.05) is 70.5 Å². The molecule has 0 N–H and O–H groups in total. The molecule has 1 aliphatic rings. The largest absolute Gasteiger partial charge is 0.294 e. The second-order valence-electron chi connectivity index (χ2n) is 5.61. The molecule has 0 aliphatic heterocycles. The molecule has 0 unspecified atom stereocenters. The van der Waals surface area contributed by atoms with Crippen LogP contribution in [-0.2, 0) is 6.42 Å². The van der Waals surface area contributed by atoms with E-state index < -0.39 is 0 Å². The number of unbranched alkanes of at least 4 members (excludes halogenated alkanes) is 2. The Hall–Kier alpha value is -1.67. The van der Waals surface area contributed by atoms with E-state index in [1.165, 1.54) is 17.6 Å². The first-order valence-corrected chi connectivity index (χ1v) is 8.90. The summed E-state index contributed by atoms with van der Waals surface area (Å²) in [5.74, 6) is 0.215. The van der Waals surface area contributed by atoms with Gasteiger partial charge >= 0.3 is 0 Å². The molecule has 2 heteroatoms. The van der Waals surface area contributed by atoms with Gasteiger partial charge in [-0.15, -0.1) is 0 Å². The van der Waals surface area contributed by atoms with Gasteiger partial charge < -0.3 is 0 Å². The fraction of sp³-hybridized carbons (Fsp3) is 0.250. The lowest BCUT2D eigenvalue weighted by Gasteiger charge is -2.11. The van der Waals surface area contributed by atoms with E-state index in [1.807, 2.05) is 24.3 Å². The predicted octanol–water partition coefficient (Wildman–Crippen LogP) is 5.42. The Labute approximate surface area is 140 Å². The number of rotatable bonds is 4. The van der Waals surface area contributed by atoms with Crippen LogP contribution >= 0.6 is 15.9 Å². The fourth-order valence-electron chi connectivity index (χ4n) is 3.02. The third-order valence-corrected chi connectivity index (χ3v) is 4.67. The van der Waals surface area contributed by atoms with E-state index in [0.29, 0.717) is 6.42 Å². The maximum atomic E-state index is 12.6. The summed E-state index contributed by atoms with van der Waals surface area (Å²) in [4.78, 5) is 12.6. The first-order valence-electron chi connectivity index (χ1n) is 7.78. The Balaban J connectivity index is 2.10. The van der Waals surface area contributed by atoms with Crippen LogP contribution in [-0.4, -0.2) is 11.1 Å². The average Bonchev–Trinajstić information content (AvgIpc) is 2.67. The molecule has 2 aromatic rings. The Bertz CT molecular complexity index is 715. The van der Waals surface area contributed by atoms with Crippen LogP contribution < -0.4 is 0 Å². The molecule has 0 amide bonds. The third-order valence-electron chi connectivity index (χ3n) is 4.11. The van der Waals surface area contributed by atoms with Gasteiger partial charge in [0.2, 0.25) is 0 Å². The number of hydrogen-bond acceptors (Lipinski definition) is 1. The fourth-order valence-corrected chi connectivity index (χ4v) is 3.41. The van der Waals surface area contributed by atoms with E-state index in [2.05, 4.69) is 46.3 Å². The van der Waals surface area contributed by atoms with E-state index in [-0.39, 0.29) is 5.78 Å². The van der Waals surface area contributed by atoms with Crippen LogP contribution in [0.1, 0.15) is 46.3 Å². The van der Waals surface area contributed by atoms with Crippen molar-refractivity contribution in [1.29, 1.82) is 0 Å². The molecule has 0 saturated carbocycles. The molecule has 0 spiro atoms. The van der Waals surface area contributed by atoms with E-state index >= 15 is 0 Å². The van der Waals surface area contributed by atoms with Crippen molar-refractivity contribution < 1.29 is 4.79 Å². The van der Waals surface area contributed by atoms with Crippen molar-refractivity contribution in [3.05, 3.63) is 76.9 Å². The van der Waals surface area contributed by atoms with E-state index in [4.69, 9.17) is 0 Å². The summed E-state index contributed by atoms with van der Waals surface area (Å²) in [5.41, 5.74) is 5.49. The minimum Gasteiger partial charge on any atom is -0.294 e. The Morgan fingerprint density at radius 2 is 1.59 bits per heavy atom. The molecule has 0 aromatic heterocycles. The molecule has 0 fully saturated rings. The smallest absolute Gasteiger partial charge is 0.167 e. The van der Waals surface area contributed by atoms with Crippen LogP contribution in [0.3, 0.4) is 0 Å². The van der Waals surface area contributed by atoms with Gasteiger partial charge in [0.05, 0.1) is 0 Å². The highest BCUT2D eigenvalue weighted by Gasteiger charge is 2.22. The zero-order valence-corrected chi connectivity index (χ0v) is 14.1. The Morgan fingerprint density at radius 3 is 2.36 bits per heavy atom. The number of carbonyl (C=O) groups is 1. The van der Waals surface area contributed by atoms with E-state index in [0.717, 1.165) is 34.9 Å². The van der Waals surface area contributed by atoms with Crippen molar-refractivity contribution in [2.75, 3.05) is 5.33 Å². The highest BCUT2D eigenvalue weighted by atomic mass is 79.9. The molecule has 0 radical (unpaired) electrons. The van der Waals surface area contributed by atoms with Crippen LogP contribution in [0.5, 0.6) is 0 Å². The number of hydrogen-bond donors (Lipinski definition) is 0. The van der Waals surface area contributed by atoms with Crippen LogP contribution in [0.2, 0.25) is 0 Å². The standard InChI is InChI=1S/C20H19BrO/c21-13-7-1-2-10-17-16-9-4-3-8-15(16)14-20(22)19-12-6-5-11-18(17)19/h3-6,8-12H,1-2,7,13-14H2/b17-10+. The number of fused-ring (bicyclic) bond motifs is 2. The highest BCUT2D eigenvalue weighted by Crippen LogP contribution is 2.33. The molecule has 0 bridgehead atoms. The van der Waals surface area contributed by atoms with Gasteiger partial charge in [-0.2, -0.15) is 0 Å². The number of ketones is 1. The zero-order chi connectivity index (χ0) is 15.4. The normalized spacial score (nSPS) is 15.3. The topological polar surface area (TPSA) is 17.1 Å². The molecule has 3 rings (SSSR count). The molecule has 0 heterocycles. The SMILES string of the molecule is O=C1Cc2ccccc2/C(=C\CCCCBr)c2ccccc21. The molecule has 1 aliphatic carbocycles. The molecule has 112 valence electrons. The summed E-state index contributed by atoms with van der Waals surface area (Å²) in [6.45, 7) is 0. The van der Waals surface area contributed by atoms with E-state index in [9.17, 15) is 4.79 Å². The molecule has 22 heavy (non-hydrogen) atoms. The zero-order valence-electron chi connectivity index (χ0n) is 12.5. The molecule has 0 atom stereocenters. The number of Topliss-reactive ketones (excluding diaryl/α,β-unsaturated/α-hetero) is 1. The first-order chi connectivity index (χ1) is 10.8. The summed E-state index contributed by atoms with van der Waals surface area (Å²) in [6.07, 6.45) is 6.17. The van der Waals surface area contributed by atoms with Gasteiger partial charge in [-0.05, 0) is 41.5 Å². The summed E-state index contributed by atoms with van der Waals surface area (Å²) >= 11 is 3.48. The Kier molecular flexibility index (Phi) is 4.89. The third kappa shape index (κ3) is 3.07. The molecule has 0 saturated heterocycles. The number of benzene rings is 2. The van der Waals surface area contributed by atoms with Gasteiger partial charge in [0.1, 0.15) is 0 Å². The van der Waals surface area contributed by atoms with Crippen molar-refractivity contribution in [2.24, 2.45) is 0 Å². The maximum Gasteiger partial charge on any atom is 0.167 e. The summed E-state index contributed by atoms with van der Waals surface area (Å²) in [6, 6.07) is 16.3. The number of allylic oxidation sites excluding steroid dienone is 1. The highest BCUT2D eigenvalue weighted by molar-refractivity contribution is 9.09. The molecule has 1 nitrogen and oxygen atoms in total. The van der Waals surface area contributed by atoms with E-state index in [1.54, 1.807) is 0 Å². The average molecular weight is 355 g/mol. The van der Waals surface area contributed by atoms with Crippen molar-refractivity contribution in [3.8, 4) is 0 Å². The molecular weight excluding hydrogens is 336 g/mol. The quantitative estimate of drug-likeness (QED) is 0.529. The minimum absolute atomic E-state index is 0.215. The second-order valence-corrected chi connectivity index (χ2v) is 6.40. The molecular formula is C20H19BrO. The first kappa shape index (κ1) is 15.2. The van der Waals surface area contributed by atoms with Crippen molar-refractivity contribution in [2.45, 2.75) is 25.7 Å². The van der Waals surface area contributed by atoms with Crippen LogP contribution in [0.15, 0.2) is 54.6 Å². The van der Waals surface area contributed by atoms with Gasteiger partial charge in [-0.3, -0.25) is 4.79 Å². The van der Waals surface area contributed by atoms with Crippen molar-refractivity contribution in [3.63, 3.8) is 0 Å². The monoisotopic (exact) mass is 354 g/mol. The van der Waals surface area contributed by atoms with Gasteiger partial charge in [-0.25, -0.2) is 0 Å². The molecule has 2 aromatic carbocycles. The van der Waals surface area contributed by atoms with Gasteiger partial charge in [0.25, 0.3) is 0 Å². The van der Waals surface area contributed by atoms with Gasteiger partial charge in [0.15, 0.2) is 5.78 Å². The predicted molar refractivity (Wildman–Crippen MR) is 95.6 cm³/mol. The maximum absolute atomic E-state index is 12.6. The summed E-state index contributed by atoms with van der Waals surface area (Å²) < 4.78 is 0. The van der Waals surface area contributed by atoms with Crippen molar-refractivity contribution >= 4 is 27.3 Å². The number of carbonyl (C=O) groups excluding carboxylic acids is 1. The van der Waals surface area contributed by atoms with Crippen LogP contribution in [0, 0.1) is 0 Å². The minimum atomic E-state index is 0.215. The van der Waals surface area contributed by atoms with Crippen molar-refractivity contribution in [1.82, 2.24) is 0 Å². The van der Waals surface area contributed by atoms with Gasteiger partial charge in [0, 0.05) is 17.3 Å². The van der Waals surface area contributed by atoms with Crippen LogP contribution in [0.25, 0.3) is 5.57 Å². The lowest BCUT2D eigenvalue weighted by atomic mass is 9.93. The summed E-state index contributed by atoms with van der Waals surface area (Å²) in [7, 11) is 0.